The van der Waals surface area contributed by atoms with Gasteiger partial charge in [0, 0.05) is 57.9 Å². The summed E-state index contributed by atoms with van der Waals surface area (Å²) in [6.07, 6.45) is 1.62. The van der Waals surface area contributed by atoms with Crippen molar-refractivity contribution in [1.29, 1.82) is 0 Å². The van der Waals surface area contributed by atoms with Crippen molar-refractivity contribution in [2.45, 2.75) is 13.1 Å². The van der Waals surface area contributed by atoms with Gasteiger partial charge in [0.2, 0.25) is 0 Å². The first kappa shape index (κ1) is 17.3. The van der Waals surface area contributed by atoms with E-state index in [0.717, 1.165) is 55.7 Å². The van der Waals surface area contributed by atoms with Crippen molar-refractivity contribution in [3.8, 4) is 5.75 Å². The number of hydrogen-bond donors (Lipinski definition) is 1. The minimum absolute atomic E-state index is 0.690. The molecule has 1 aliphatic heterocycles. The van der Waals surface area contributed by atoms with E-state index in [1.165, 1.54) is 0 Å². The Balaban J connectivity index is 1.51. The number of para-hydroxylation sites is 1. The summed E-state index contributed by atoms with van der Waals surface area (Å²) in [5.41, 5.74) is 2.10. The maximum absolute atomic E-state index is 5.41. The lowest BCUT2D eigenvalue weighted by molar-refractivity contribution is 0.169. The molecule has 0 amide bonds. The van der Waals surface area contributed by atoms with Crippen molar-refractivity contribution in [3.05, 3.63) is 47.9 Å². The first-order valence-electron chi connectivity index (χ1n) is 8.49. The molecule has 7 heteroatoms. The molecular weight excluding hydrogens is 318 g/mol. The number of aliphatic imine (C=N–C) groups is 1. The highest BCUT2D eigenvalue weighted by molar-refractivity contribution is 5.80. The standard InChI is InChI=1S/C18H25N5O2/c1-19-18(20-13-15-5-3-4-6-17(15)24-2)23-10-8-22(9-11-23)14-16-7-12-25-21-16/h3-7,12H,8-11,13-14H2,1-2H3,(H,19,20). The van der Waals surface area contributed by atoms with Crippen LogP contribution in [0.2, 0.25) is 0 Å². The zero-order valence-electron chi connectivity index (χ0n) is 14.8. The highest BCUT2D eigenvalue weighted by atomic mass is 16.5. The average molecular weight is 343 g/mol. The van der Waals surface area contributed by atoms with Crippen molar-refractivity contribution in [2.24, 2.45) is 4.99 Å². The molecule has 1 saturated heterocycles. The zero-order valence-corrected chi connectivity index (χ0v) is 14.8. The summed E-state index contributed by atoms with van der Waals surface area (Å²) in [4.78, 5) is 9.09. The molecule has 0 atom stereocenters. The van der Waals surface area contributed by atoms with Crippen molar-refractivity contribution in [1.82, 2.24) is 20.3 Å². The van der Waals surface area contributed by atoms with Gasteiger partial charge in [-0.25, -0.2) is 0 Å². The third-order valence-electron chi connectivity index (χ3n) is 4.39. The van der Waals surface area contributed by atoms with Crippen LogP contribution < -0.4 is 10.1 Å². The molecule has 0 saturated carbocycles. The fourth-order valence-electron chi connectivity index (χ4n) is 3.02. The van der Waals surface area contributed by atoms with E-state index in [1.807, 2.05) is 31.3 Å². The molecule has 0 unspecified atom stereocenters. The maximum Gasteiger partial charge on any atom is 0.194 e. The normalized spacial score (nSPS) is 16.1. The summed E-state index contributed by atoms with van der Waals surface area (Å²) in [6, 6.07) is 9.95. The molecule has 0 bridgehead atoms. The van der Waals surface area contributed by atoms with Gasteiger partial charge in [0.15, 0.2) is 5.96 Å². The smallest absolute Gasteiger partial charge is 0.194 e. The summed E-state index contributed by atoms with van der Waals surface area (Å²) in [5.74, 6) is 1.81. The molecule has 0 radical (unpaired) electrons. The summed E-state index contributed by atoms with van der Waals surface area (Å²) < 4.78 is 10.3. The SMILES string of the molecule is CN=C(NCc1ccccc1OC)N1CCN(Cc2ccon2)CC1. The Labute approximate surface area is 148 Å². The highest BCUT2D eigenvalue weighted by Gasteiger charge is 2.20. The number of nitrogens with one attached hydrogen (secondary N) is 1. The molecule has 1 N–H and O–H groups in total. The lowest BCUT2D eigenvalue weighted by Crippen LogP contribution is -2.52. The van der Waals surface area contributed by atoms with E-state index in [4.69, 9.17) is 9.26 Å². The lowest BCUT2D eigenvalue weighted by Gasteiger charge is -2.36. The minimum Gasteiger partial charge on any atom is -0.496 e. The van der Waals surface area contributed by atoms with Gasteiger partial charge in [-0.15, -0.1) is 0 Å². The third-order valence-corrected chi connectivity index (χ3v) is 4.39. The number of ether oxygens (including phenoxy) is 1. The van der Waals surface area contributed by atoms with Crippen LogP contribution in [-0.2, 0) is 13.1 Å². The van der Waals surface area contributed by atoms with E-state index in [0.29, 0.717) is 6.54 Å². The number of guanidine groups is 1. The minimum atomic E-state index is 0.690. The molecule has 3 rings (SSSR count). The van der Waals surface area contributed by atoms with Crippen LogP contribution >= 0.6 is 0 Å². The molecule has 134 valence electrons. The van der Waals surface area contributed by atoms with Crippen LogP contribution in [0.4, 0.5) is 0 Å². The van der Waals surface area contributed by atoms with E-state index in [9.17, 15) is 0 Å². The Morgan fingerprint density at radius 2 is 2.04 bits per heavy atom. The van der Waals surface area contributed by atoms with Crippen LogP contribution in [0.25, 0.3) is 0 Å². The topological polar surface area (TPSA) is 66.1 Å². The number of piperazine rings is 1. The Morgan fingerprint density at radius 1 is 1.24 bits per heavy atom. The van der Waals surface area contributed by atoms with Gasteiger partial charge >= 0.3 is 0 Å². The fraction of sp³-hybridized carbons (Fsp3) is 0.444. The molecule has 0 spiro atoms. The molecule has 1 aliphatic rings. The summed E-state index contributed by atoms with van der Waals surface area (Å²) in [5, 5.41) is 7.42. The molecule has 1 aromatic carbocycles. The second-order valence-electron chi connectivity index (χ2n) is 5.97. The first-order chi connectivity index (χ1) is 12.3. The number of methoxy groups -OCH3 is 1. The number of benzene rings is 1. The van der Waals surface area contributed by atoms with Crippen molar-refractivity contribution >= 4 is 5.96 Å². The third kappa shape index (κ3) is 4.51. The monoisotopic (exact) mass is 343 g/mol. The van der Waals surface area contributed by atoms with Crippen LogP contribution in [0.15, 0.2) is 46.1 Å². The van der Waals surface area contributed by atoms with E-state index in [2.05, 4.69) is 31.3 Å². The van der Waals surface area contributed by atoms with Crippen LogP contribution in [0.5, 0.6) is 5.75 Å². The number of aromatic nitrogens is 1. The molecule has 1 fully saturated rings. The number of hydrogen-bond acceptors (Lipinski definition) is 5. The summed E-state index contributed by atoms with van der Waals surface area (Å²) in [7, 11) is 3.52. The Morgan fingerprint density at radius 3 is 2.72 bits per heavy atom. The van der Waals surface area contributed by atoms with Gasteiger partial charge in [0.05, 0.1) is 12.8 Å². The van der Waals surface area contributed by atoms with E-state index >= 15 is 0 Å². The van der Waals surface area contributed by atoms with Crippen molar-refractivity contribution in [2.75, 3.05) is 40.3 Å². The number of rotatable bonds is 5. The molecule has 25 heavy (non-hydrogen) atoms. The largest absolute Gasteiger partial charge is 0.496 e. The predicted molar refractivity (Wildman–Crippen MR) is 96.5 cm³/mol. The van der Waals surface area contributed by atoms with Gasteiger partial charge in [-0.1, -0.05) is 23.4 Å². The van der Waals surface area contributed by atoms with Crippen molar-refractivity contribution < 1.29 is 9.26 Å². The zero-order chi connectivity index (χ0) is 17.5. The van der Waals surface area contributed by atoms with E-state index in [1.54, 1.807) is 13.4 Å². The van der Waals surface area contributed by atoms with Gasteiger partial charge < -0.3 is 19.5 Å². The molecule has 7 nitrogen and oxygen atoms in total. The van der Waals surface area contributed by atoms with Gasteiger partial charge in [-0.05, 0) is 6.07 Å². The molecular formula is C18H25N5O2. The summed E-state index contributed by atoms with van der Waals surface area (Å²) in [6.45, 7) is 5.34. The van der Waals surface area contributed by atoms with Crippen molar-refractivity contribution in [3.63, 3.8) is 0 Å². The number of nitrogens with zero attached hydrogens (tertiary/aromatic N) is 4. The molecule has 0 aliphatic carbocycles. The van der Waals surface area contributed by atoms with Crippen LogP contribution in [0.1, 0.15) is 11.3 Å². The quantitative estimate of drug-likeness (QED) is 0.657. The lowest BCUT2D eigenvalue weighted by atomic mass is 10.2. The van der Waals surface area contributed by atoms with Crippen LogP contribution in [0.3, 0.4) is 0 Å². The average Bonchev–Trinajstić information content (AvgIpc) is 3.17. The molecule has 1 aromatic heterocycles. The predicted octanol–water partition coefficient (Wildman–Crippen LogP) is 1.58. The molecule has 2 aromatic rings. The van der Waals surface area contributed by atoms with Crippen LogP contribution in [0, 0.1) is 0 Å². The maximum atomic E-state index is 5.41. The van der Waals surface area contributed by atoms with Gasteiger partial charge in [-0.2, -0.15) is 0 Å². The Kier molecular flexibility index (Phi) is 5.90. The van der Waals surface area contributed by atoms with Gasteiger partial charge in [0.25, 0.3) is 0 Å². The highest BCUT2D eigenvalue weighted by Crippen LogP contribution is 2.17. The summed E-state index contributed by atoms with van der Waals surface area (Å²) >= 11 is 0. The van der Waals surface area contributed by atoms with Crippen LogP contribution in [-0.4, -0.2) is 61.3 Å². The van der Waals surface area contributed by atoms with E-state index < -0.39 is 0 Å². The molecule has 2 heterocycles. The van der Waals surface area contributed by atoms with Gasteiger partial charge in [-0.3, -0.25) is 9.89 Å². The Hall–Kier alpha value is -2.54. The fourth-order valence-corrected chi connectivity index (χ4v) is 3.02. The van der Waals surface area contributed by atoms with E-state index in [-0.39, 0.29) is 0 Å². The first-order valence-corrected chi connectivity index (χ1v) is 8.49. The second-order valence-corrected chi connectivity index (χ2v) is 5.97. The Bertz CT molecular complexity index is 679. The van der Waals surface area contributed by atoms with Gasteiger partial charge in [0.1, 0.15) is 12.0 Å². The second kappa shape index (κ2) is 8.53.